The molecule has 0 bridgehead atoms. The Balaban J connectivity index is 1.81. The van der Waals surface area contributed by atoms with Gasteiger partial charge in [-0.1, -0.05) is 48.0 Å². The van der Waals surface area contributed by atoms with Crippen molar-refractivity contribution in [1.82, 2.24) is 4.98 Å². The quantitative estimate of drug-likeness (QED) is 0.733. The summed E-state index contributed by atoms with van der Waals surface area (Å²) in [6.07, 6.45) is 0. The van der Waals surface area contributed by atoms with Crippen LogP contribution in [0.4, 0.5) is 5.69 Å². The molecule has 22 heavy (non-hydrogen) atoms. The molecule has 1 heterocycles. The van der Waals surface area contributed by atoms with Gasteiger partial charge in [0.1, 0.15) is 10.7 Å². The maximum atomic E-state index is 12.3. The SMILES string of the molecule is Cc1ccc(Cl)cc1NC(=O)c1csc(-c2ccccc2)n1. The van der Waals surface area contributed by atoms with E-state index in [0.717, 1.165) is 16.1 Å². The maximum absolute atomic E-state index is 12.3. The number of hydrogen-bond donors (Lipinski definition) is 1. The minimum absolute atomic E-state index is 0.233. The number of aryl methyl sites for hydroxylation is 1. The third-order valence-electron chi connectivity index (χ3n) is 3.21. The fraction of sp³-hybridized carbons (Fsp3) is 0.0588. The lowest BCUT2D eigenvalue weighted by molar-refractivity contribution is 0.102. The van der Waals surface area contributed by atoms with E-state index < -0.39 is 0 Å². The minimum Gasteiger partial charge on any atom is -0.320 e. The molecule has 0 saturated carbocycles. The number of aromatic nitrogens is 1. The second-order valence-electron chi connectivity index (χ2n) is 4.82. The Morgan fingerprint density at radius 2 is 1.95 bits per heavy atom. The number of carbonyl (C=O) groups is 1. The lowest BCUT2D eigenvalue weighted by Gasteiger charge is -2.07. The van der Waals surface area contributed by atoms with Gasteiger partial charge < -0.3 is 5.32 Å². The second kappa shape index (κ2) is 6.30. The van der Waals surface area contributed by atoms with E-state index in [1.165, 1.54) is 11.3 Å². The van der Waals surface area contributed by atoms with Crippen molar-refractivity contribution in [3.8, 4) is 10.6 Å². The topological polar surface area (TPSA) is 42.0 Å². The monoisotopic (exact) mass is 328 g/mol. The number of carbonyl (C=O) groups excluding carboxylic acids is 1. The molecular weight excluding hydrogens is 316 g/mol. The summed E-state index contributed by atoms with van der Waals surface area (Å²) in [6, 6.07) is 15.2. The smallest absolute Gasteiger partial charge is 0.275 e. The normalized spacial score (nSPS) is 10.5. The van der Waals surface area contributed by atoms with E-state index in [1.807, 2.05) is 43.3 Å². The largest absolute Gasteiger partial charge is 0.320 e. The lowest BCUT2D eigenvalue weighted by Crippen LogP contribution is -2.13. The Morgan fingerprint density at radius 1 is 1.18 bits per heavy atom. The van der Waals surface area contributed by atoms with Crippen LogP contribution in [0.2, 0.25) is 5.02 Å². The molecule has 3 aromatic rings. The molecule has 5 heteroatoms. The predicted molar refractivity (Wildman–Crippen MR) is 91.7 cm³/mol. The summed E-state index contributed by atoms with van der Waals surface area (Å²) in [5.41, 5.74) is 3.07. The number of rotatable bonds is 3. The Hall–Kier alpha value is -2.17. The molecule has 0 atom stereocenters. The first-order chi connectivity index (χ1) is 10.6. The van der Waals surface area contributed by atoms with Gasteiger partial charge in [0, 0.05) is 21.7 Å². The highest BCUT2D eigenvalue weighted by Gasteiger charge is 2.13. The first-order valence-electron chi connectivity index (χ1n) is 6.72. The summed E-state index contributed by atoms with van der Waals surface area (Å²) in [5, 5.41) is 6.03. The van der Waals surface area contributed by atoms with Crippen LogP contribution in [0.1, 0.15) is 16.1 Å². The van der Waals surface area contributed by atoms with Crippen LogP contribution in [-0.4, -0.2) is 10.9 Å². The molecule has 1 N–H and O–H groups in total. The Kier molecular flexibility index (Phi) is 4.22. The van der Waals surface area contributed by atoms with Gasteiger partial charge in [-0.15, -0.1) is 11.3 Å². The van der Waals surface area contributed by atoms with E-state index in [2.05, 4.69) is 10.3 Å². The van der Waals surface area contributed by atoms with Gasteiger partial charge in [-0.25, -0.2) is 4.98 Å². The first-order valence-corrected chi connectivity index (χ1v) is 7.98. The van der Waals surface area contributed by atoms with Crippen LogP contribution < -0.4 is 5.32 Å². The van der Waals surface area contributed by atoms with Crippen molar-refractivity contribution >= 4 is 34.5 Å². The highest BCUT2D eigenvalue weighted by atomic mass is 35.5. The number of thiazole rings is 1. The summed E-state index contributed by atoms with van der Waals surface area (Å²) >= 11 is 7.42. The van der Waals surface area contributed by atoms with Crippen molar-refractivity contribution < 1.29 is 4.79 Å². The summed E-state index contributed by atoms with van der Waals surface area (Å²) < 4.78 is 0. The predicted octanol–water partition coefficient (Wildman–Crippen LogP) is 5.02. The van der Waals surface area contributed by atoms with Gasteiger partial charge in [-0.2, -0.15) is 0 Å². The standard InChI is InChI=1S/C17H13ClN2OS/c1-11-7-8-13(18)9-14(11)19-16(21)15-10-22-17(20-15)12-5-3-2-4-6-12/h2-10H,1H3,(H,19,21). The molecule has 0 saturated heterocycles. The van der Waals surface area contributed by atoms with Crippen molar-refractivity contribution in [2.45, 2.75) is 6.92 Å². The van der Waals surface area contributed by atoms with Gasteiger partial charge in [0.2, 0.25) is 0 Å². The highest BCUT2D eigenvalue weighted by Crippen LogP contribution is 2.25. The number of benzene rings is 2. The molecule has 0 unspecified atom stereocenters. The summed E-state index contributed by atoms with van der Waals surface area (Å²) in [7, 11) is 0. The van der Waals surface area contributed by atoms with E-state index >= 15 is 0 Å². The van der Waals surface area contributed by atoms with Gasteiger partial charge in [0.05, 0.1) is 0 Å². The van der Waals surface area contributed by atoms with E-state index in [0.29, 0.717) is 16.4 Å². The number of amides is 1. The molecule has 3 rings (SSSR count). The molecule has 3 nitrogen and oxygen atoms in total. The molecule has 1 amide bonds. The van der Waals surface area contributed by atoms with E-state index in [4.69, 9.17) is 11.6 Å². The van der Waals surface area contributed by atoms with Gasteiger partial charge in [-0.3, -0.25) is 4.79 Å². The van der Waals surface area contributed by atoms with Gasteiger partial charge in [0.15, 0.2) is 0 Å². The van der Waals surface area contributed by atoms with Crippen LogP contribution in [0, 0.1) is 6.92 Å². The van der Waals surface area contributed by atoms with Crippen LogP contribution in [0.25, 0.3) is 10.6 Å². The zero-order chi connectivity index (χ0) is 15.5. The van der Waals surface area contributed by atoms with Crippen molar-refractivity contribution in [1.29, 1.82) is 0 Å². The van der Waals surface area contributed by atoms with Crippen LogP contribution in [0.5, 0.6) is 0 Å². The summed E-state index contributed by atoms with van der Waals surface area (Å²) in [4.78, 5) is 16.7. The van der Waals surface area contributed by atoms with Crippen LogP contribution in [0.3, 0.4) is 0 Å². The second-order valence-corrected chi connectivity index (χ2v) is 6.11. The van der Waals surface area contributed by atoms with E-state index in [1.54, 1.807) is 17.5 Å². The van der Waals surface area contributed by atoms with Crippen molar-refractivity contribution in [3.05, 3.63) is 70.2 Å². The summed E-state index contributed by atoms with van der Waals surface area (Å²) in [6.45, 7) is 1.92. The average molecular weight is 329 g/mol. The zero-order valence-corrected chi connectivity index (χ0v) is 13.4. The fourth-order valence-corrected chi connectivity index (χ4v) is 2.98. The van der Waals surface area contributed by atoms with Gasteiger partial charge >= 0.3 is 0 Å². The van der Waals surface area contributed by atoms with Crippen molar-refractivity contribution in [2.75, 3.05) is 5.32 Å². The molecule has 0 aliphatic carbocycles. The maximum Gasteiger partial charge on any atom is 0.275 e. The number of anilines is 1. The number of nitrogens with zero attached hydrogens (tertiary/aromatic N) is 1. The Bertz CT molecular complexity index is 815. The zero-order valence-electron chi connectivity index (χ0n) is 11.8. The first kappa shape index (κ1) is 14.8. The number of halogens is 1. The summed E-state index contributed by atoms with van der Waals surface area (Å²) in [5.74, 6) is -0.233. The van der Waals surface area contributed by atoms with E-state index in [-0.39, 0.29) is 5.91 Å². The number of hydrogen-bond acceptors (Lipinski definition) is 3. The molecule has 0 spiro atoms. The molecule has 110 valence electrons. The molecule has 1 aromatic heterocycles. The number of nitrogens with one attached hydrogen (secondary N) is 1. The van der Waals surface area contributed by atoms with Gasteiger partial charge in [-0.05, 0) is 24.6 Å². The molecular formula is C17H13ClN2OS. The van der Waals surface area contributed by atoms with Crippen LogP contribution in [0.15, 0.2) is 53.9 Å². The molecule has 0 fully saturated rings. The highest BCUT2D eigenvalue weighted by molar-refractivity contribution is 7.13. The molecule has 2 aromatic carbocycles. The van der Waals surface area contributed by atoms with Crippen molar-refractivity contribution in [3.63, 3.8) is 0 Å². The Labute approximate surface area is 137 Å². The molecule has 0 aliphatic rings. The van der Waals surface area contributed by atoms with Crippen LogP contribution in [-0.2, 0) is 0 Å². The van der Waals surface area contributed by atoms with Gasteiger partial charge in [0.25, 0.3) is 5.91 Å². The third kappa shape index (κ3) is 3.18. The van der Waals surface area contributed by atoms with E-state index in [9.17, 15) is 4.79 Å². The third-order valence-corrected chi connectivity index (χ3v) is 4.33. The fourth-order valence-electron chi connectivity index (χ4n) is 2.01. The van der Waals surface area contributed by atoms with Crippen molar-refractivity contribution in [2.24, 2.45) is 0 Å². The van der Waals surface area contributed by atoms with Crippen LogP contribution >= 0.6 is 22.9 Å². The minimum atomic E-state index is -0.233. The lowest BCUT2D eigenvalue weighted by atomic mass is 10.2. The Morgan fingerprint density at radius 3 is 2.73 bits per heavy atom. The molecule has 0 radical (unpaired) electrons. The molecule has 0 aliphatic heterocycles. The average Bonchev–Trinajstić information content (AvgIpc) is 3.02.